The Hall–Kier alpha value is -3.29. The first-order valence-electron chi connectivity index (χ1n) is 11.7. The molecule has 0 aliphatic heterocycles. The monoisotopic (exact) mass is 529 g/mol. The first kappa shape index (κ1) is 27.3. The van der Waals surface area contributed by atoms with Crippen molar-refractivity contribution in [3.05, 3.63) is 76.4 Å². The highest BCUT2D eigenvalue weighted by Gasteiger charge is 2.17. The zero-order chi connectivity index (χ0) is 26.1. The second-order valence-electron chi connectivity index (χ2n) is 8.43. The molecular formula is C27H29Cl2N3O4. The van der Waals surface area contributed by atoms with Crippen LogP contribution in [0, 0.1) is 5.92 Å². The molecule has 0 unspecified atom stereocenters. The number of hydrogen-bond donors (Lipinski definition) is 3. The number of aromatic nitrogens is 1. The van der Waals surface area contributed by atoms with Gasteiger partial charge in [-0.2, -0.15) is 0 Å². The summed E-state index contributed by atoms with van der Waals surface area (Å²) in [5, 5.41) is 15.9. The van der Waals surface area contributed by atoms with E-state index in [1.165, 1.54) is 0 Å². The van der Waals surface area contributed by atoms with Crippen LogP contribution < -0.4 is 15.4 Å². The molecule has 3 aromatic rings. The summed E-state index contributed by atoms with van der Waals surface area (Å²) in [6.45, 7) is 4.78. The summed E-state index contributed by atoms with van der Waals surface area (Å²) in [5.41, 5.74) is 2.85. The average molecular weight is 530 g/mol. The number of nitrogens with zero attached hydrogens (tertiary/aromatic N) is 1. The highest BCUT2D eigenvalue weighted by Crippen LogP contribution is 2.30. The molecule has 3 N–H and O–H groups in total. The molecule has 0 spiro atoms. The van der Waals surface area contributed by atoms with E-state index < -0.39 is 5.97 Å². The third kappa shape index (κ3) is 7.86. The van der Waals surface area contributed by atoms with E-state index in [2.05, 4.69) is 29.5 Å². The summed E-state index contributed by atoms with van der Waals surface area (Å²) in [4.78, 5) is 27.2. The molecule has 7 nitrogen and oxygen atoms in total. The Bertz CT molecular complexity index is 1170. The molecule has 1 amide bonds. The van der Waals surface area contributed by atoms with Gasteiger partial charge in [0.05, 0.1) is 29.4 Å². The molecule has 9 heteroatoms. The van der Waals surface area contributed by atoms with Crippen molar-refractivity contribution in [3.8, 4) is 17.0 Å². The van der Waals surface area contributed by atoms with Crippen LogP contribution in [-0.4, -0.2) is 41.2 Å². The van der Waals surface area contributed by atoms with Crippen LogP contribution in [0.15, 0.2) is 60.8 Å². The minimum atomic E-state index is -0.953. The number of nitrogens with one attached hydrogen (secondary N) is 2. The molecule has 190 valence electrons. The highest BCUT2D eigenvalue weighted by atomic mass is 35.5. The number of benzene rings is 2. The summed E-state index contributed by atoms with van der Waals surface area (Å²) >= 11 is 12.3. The van der Waals surface area contributed by atoms with Crippen molar-refractivity contribution < 1.29 is 19.4 Å². The molecule has 0 aliphatic carbocycles. The quantitative estimate of drug-likeness (QED) is 0.259. The zero-order valence-electron chi connectivity index (χ0n) is 20.1. The minimum Gasteiger partial charge on any atom is -0.490 e. The summed E-state index contributed by atoms with van der Waals surface area (Å²) in [6.07, 6.45) is 2.51. The van der Waals surface area contributed by atoms with Gasteiger partial charge in [-0.15, -0.1) is 0 Å². The SMILES string of the molecule is CC[C@H](C)[C@@H](COc1ccc(-c2ccc(Cl)cc2Cl)nc1)Nc1ccc(C(=O)NCCC(=O)O)cc1. The van der Waals surface area contributed by atoms with Crippen molar-refractivity contribution in [2.45, 2.75) is 32.7 Å². The average Bonchev–Trinajstić information content (AvgIpc) is 2.86. The molecule has 1 aromatic heterocycles. The van der Waals surface area contributed by atoms with Crippen LogP contribution in [0.4, 0.5) is 5.69 Å². The van der Waals surface area contributed by atoms with E-state index in [4.69, 9.17) is 33.0 Å². The molecule has 0 fully saturated rings. The van der Waals surface area contributed by atoms with E-state index in [1.807, 2.05) is 30.3 Å². The Labute approximate surface area is 220 Å². The Morgan fingerprint density at radius 2 is 1.83 bits per heavy atom. The first-order valence-corrected chi connectivity index (χ1v) is 12.4. The number of anilines is 1. The number of ether oxygens (including phenoxy) is 1. The molecule has 0 aliphatic rings. The van der Waals surface area contributed by atoms with Crippen molar-refractivity contribution in [3.63, 3.8) is 0 Å². The molecule has 3 rings (SSSR count). The summed E-state index contributed by atoms with van der Waals surface area (Å²) in [7, 11) is 0. The Morgan fingerprint density at radius 3 is 2.44 bits per heavy atom. The number of hydrogen-bond acceptors (Lipinski definition) is 5. The van der Waals surface area contributed by atoms with Crippen LogP contribution in [0.25, 0.3) is 11.3 Å². The van der Waals surface area contributed by atoms with Crippen molar-refractivity contribution in [1.29, 1.82) is 0 Å². The summed E-state index contributed by atoms with van der Waals surface area (Å²) in [6, 6.07) is 16.1. The molecule has 2 atom stereocenters. The predicted octanol–water partition coefficient (Wildman–Crippen LogP) is 6.17. The number of amides is 1. The van der Waals surface area contributed by atoms with Gasteiger partial charge < -0.3 is 20.5 Å². The number of carbonyl (C=O) groups is 2. The fourth-order valence-electron chi connectivity index (χ4n) is 3.46. The topological polar surface area (TPSA) is 101 Å². The van der Waals surface area contributed by atoms with Gasteiger partial charge >= 0.3 is 5.97 Å². The lowest BCUT2D eigenvalue weighted by atomic mass is 9.99. The number of carboxylic acid groups (broad SMARTS) is 1. The molecular weight excluding hydrogens is 501 g/mol. The number of carbonyl (C=O) groups excluding carboxylic acids is 1. The fourth-order valence-corrected chi connectivity index (χ4v) is 3.96. The van der Waals surface area contributed by atoms with Gasteiger partial charge in [0, 0.05) is 28.4 Å². The largest absolute Gasteiger partial charge is 0.490 e. The normalized spacial score (nSPS) is 12.4. The lowest BCUT2D eigenvalue weighted by molar-refractivity contribution is -0.136. The van der Waals surface area contributed by atoms with Gasteiger partial charge in [0.25, 0.3) is 5.91 Å². The van der Waals surface area contributed by atoms with E-state index in [9.17, 15) is 9.59 Å². The van der Waals surface area contributed by atoms with Gasteiger partial charge in [0.2, 0.25) is 0 Å². The summed E-state index contributed by atoms with van der Waals surface area (Å²) in [5.74, 6) is -0.289. The molecule has 0 bridgehead atoms. The molecule has 1 heterocycles. The lowest BCUT2D eigenvalue weighted by Crippen LogP contribution is -2.33. The van der Waals surface area contributed by atoms with Gasteiger partial charge in [-0.1, -0.05) is 43.5 Å². The predicted molar refractivity (Wildman–Crippen MR) is 143 cm³/mol. The summed E-state index contributed by atoms with van der Waals surface area (Å²) < 4.78 is 6.04. The second kappa shape index (κ2) is 13.1. The lowest BCUT2D eigenvalue weighted by Gasteiger charge is -2.25. The maximum atomic E-state index is 12.2. The number of carboxylic acids is 1. The van der Waals surface area contributed by atoms with Gasteiger partial charge in [0.15, 0.2) is 0 Å². The standard InChI is InChI=1S/C27H29Cl2N3O4/c1-3-17(2)25(32-20-7-4-18(5-8-20)27(35)30-13-12-26(33)34)16-36-21-9-11-24(31-15-21)22-10-6-19(28)14-23(22)29/h4-11,14-15,17,25,32H,3,12-13,16H2,1-2H3,(H,30,35)(H,33,34)/t17-,25+/m0/s1. The fraction of sp³-hybridized carbons (Fsp3) is 0.296. The van der Waals surface area contributed by atoms with Crippen LogP contribution in [0.1, 0.15) is 37.0 Å². The molecule has 2 aromatic carbocycles. The van der Waals surface area contributed by atoms with Crippen LogP contribution in [0.5, 0.6) is 5.75 Å². The van der Waals surface area contributed by atoms with Crippen molar-refractivity contribution >= 4 is 40.8 Å². The van der Waals surface area contributed by atoms with Gasteiger partial charge in [-0.3, -0.25) is 14.6 Å². The maximum absolute atomic E-state index is 12.2. The smallest absolute Gasteiger partial charge is 0.305 e. The molecule has 36 heavy (non-hydrogen) atoms. The first-order chi connectivity index (χ1) is 17.3. The van der Waals surface area contributed by atoms with E-state index in [0.717, 1.165) is 23.4 Å². The van der Waals surface area contributed by atoms with Crippen LogP contribution >= 0.6 is 23.2 Å². The number of rotatable bonds is 12. The number of halogens is 2. The Balaban J connectivity index is 1.60. The molecule has 0 saturated heterocycles. The maximum Gasteiger partial charge on any atom is 0.305 e. The van der Waals surface area contributed by atoms with Crippen LogP contribution in [0.3, 0.4) is 0 Å². The van der Waals surface area contributed by atoms with Gasteiger partial charge in [-0.05, 0) is 60.5 Å². The van der Waals surface area contributed by atoms with Crippen molar-refractivity contribution in [2.24, 2.45) is 5.92 Å². The van der Waals surface area contributed by atoms with E-state index in [1.54, 1.807) is 30.5 Å². The third-order valence-corrected chi connectivity index (χ3v) is 6.38. The Kier molecular flexibility index (Phi) is 9.96. The van der Waals surface area contributed by atoms with Gasteiger partial charge in [0.1, 0.15) is 12.4 Å². The minimum absolute atomic E-state index is 0.0237. The van der Waals surface area contributed by atoms with E-state index in [-0.39, 0.29) is 24.9 Å². The molecule has 0 saturated carbocycles. The van der Waals surface area contributed by atoms with Crippen LogP contribution in [-0.2, 0) is 4.79 Å². The molecule has 0 radical (unpaired) electrons. The number of pyridine rings is 1. The Morgan fingerprint density at radius 1 is 1.08 bits per heavy atom. The van der Waals surface area contributed by atoms with E-state index in [0.29, 0.717) is 33.9 Å². The highest BCUT2D eigenvalue weighted by molar-refractivity contribution is 6.36. The van der Waals surface area contributed by atoms with Crippen LogP contribution in [0.2, 0.25) is 10.0 Å². The zero-order valence-corrected chi connectivity index (χ0v) is 21.6. The second-order valence-corrected chi connectivity index (χ2v) is 9.27. The van der Waals surface area contributed by atoms with Crippen molar-refractivity contribution in [1.82, 2.24) is 10.3 Å². The third-order valence-electron chi connectivity index (χ3n) is 5.83. The number of aliphatic carboxylic acids is 1. The van der Waals surface area contributed by atoms with E-state index >= 15 is 0 Å². The van der Waals surface area contributed by atoms with Gasteiger partial charge in [-0.25, -0.2) is 0 Å². The van der Waals surface area contributed by atoms with Crippen molar-refractivity contribution in [2.75, 3.05) is 18.5 Å².